The van der Waals surface area contributed by atoms with Crippen molar-refractivity contribution >= 4 is 17.8 Å². The molecular formula is C14H24N4O3. The van der Waals surface area contributed by atoms with Crippen LogP contribution in [0.5, 0.6) is 0 Å². The maximum atomic E-state index is 12.3. The molecule has 4 amide bonds. The lowest BCUT2D eigenvalue weighted by molar-refractivity contribution is -0.136. The van der Waals surface area contributed by atoms with Crippen molar-refractivity contribution in [1.82, 2.24) is 15.5 Å². The normalized spacial score (nSPS) is 26.7. The van der Waals surface area contributed by atoms with Crippen LogP contribution in [0.4, 0.5) is 4.79 Å². The molecule has 2 aliphatic rings. The second-order valence-corrected chi connectivity index (χ2v) is 6.13. The van der Waals surface area contributed by atoms with Crippen molar-refractivity contribution in [3.8, 4) is 0 Å². The zero-order chi connectivity index (χ0) is 15.5. The third-order valence-corrected chi connectivity index (χ3v) is 4.37. The van der Waals surface area contributed by atoms with E-state index in [1.165, 1.54) is 0 Å². The van der Waals surface area contributed by atoms with E-state index in [9.17, 15) is 14.4 Å². The molecule has 0 bridgehead atoms. The molecule has 118 valence electrons. The Kier molecular flexibility index (Phi) is 4.82. The monoisotopic (exact) mass is 296 g/mol. The van der Waals surface area contributed by atoms with Crippen molar-refractivity contribution < 1.29 is 14.4 Å². The van der Waals surface area contributed by atoms with Crippen LogP contribution >= 0.6 is 0 Å². The first kappa shape index (κ1) is 15.8. The fourth-order valence-electron chi connectivity index (χ4n) is 3.04. The number of piperidine rings is 1. The Morgan fingerprint density at radius 2 is 2.19 bits per heavy atom. The predicted octanol–water partition coefficient (Wildman–Crippen LogP) is -0.0479. The molecule has 7 nitrogen and oxygen atoms in total. The lowest BCUT2D eigenvalue weighted by atomic mass is 9.89. The molecule has 0 aliphatic carbocycles. The maximum absolute atomic E-state index is 12.3. The summed E-state index contributed by atoms with van der Waals surface area (Å²) >= 11 is 0. The third kappa shape index (κ3) is 3.53. The highest BCUT2D eigenvalue weighted by molar-refractivity contribution is 6.07. The van der Waals surface area contributed by atoms with E-state index < -0.39 is 11.6 Å². The minimum Gasteiger partial charge on any atom is -0.340 e. The number of rotatable bonds is 5. The van der Waals surface area contributed by atoms with E-state index in [1.54, 1.807) is 4.90 Å². The number of carbonyl (C=O) groups excluding carboxylic acids is 3. The zero-order valence-electron chi connectivity index (χ0n) is 12.5. The topological polar surface area (TPSA) is 105 Å². The number of nitrogens with one attached hydrogen (secondary N) is 2. The van der Waals surface area contributed by atoms with Gasteiger partial charge in [0.2, 0.25) is 5.91 Å². The summed E-state index contributed by atoms with van der Waals surface area (Å²) in [5, 5.41) is 4.94. The number of imide groups is 1. The van der Waals surface area contributed by atoms with E-state index in [1.807, 2.05) is 0 Å². The van der Waals surface area contributed by atoms with Gasteiger partial charge in [0.25, 0.3) is 5.91 Å². The summed E-state index contributed by atoms with van der Waals surface area (Å²) in [6, 6.07) is -0.467. The number of urea groups is 1. The van der Waals surface area contributed by atoms with Gasteiger partial charge in [-0.05, 0) is 38.1 Å². The molecule has 0 aromatic rings. The Morgan fingerprint density at radius 1 is 1.43 bits per heavy atom. The molecule has 7 heteroatoms. The van der Waals surface area contributed by atoms with Crippen LogP contribution < -0.4 is 16.4 Å². The summed E-state index contributed by atoms with van der Waals surface area (Å²) in [4.78, 5) is 37.3. The molecule has 2 aliphatic heterocycles. The Hall–Kier alpha value is -1.63. The largest absolute Gasteiger partial charge is 0.340 e. The molecule has 0 saturated carbocycles. The van der Waals surface area contributed by atoms with E-state index in [0.29, 0.717) is 31.8 Å². The van der Waals surface area contributed by atoms with Gasteiger partial charge in [-0.1, -0.05) is 6.92 Å². The lowest BCUT2D eigenvalue weighted by Crippen LogP contribution is -2.59. The molecule has 2 fully saturated rings. The van der Waals surface area contributed by atoms with Gasteiger partial charge in [0.05, 0.1) is 6.54 Å². The van der Waals surface area contributed by atoms with Gasteiger partial charge >= 0.3 is 6.03 Å². The Morgan fingerprint density at radius 3 is 2.81 bits per heavy atom. The average molecular weight is 296 g/mol. The molecule has 21 heavy (non-hydrogen) atoms. The second-order valence-electron chi connectivity index (χ2n) is 6.13. The fraction of sp³-hybridized carbons (Fsp3) is 0.786. The summed E-state index contributed by atoms with van der Waals surface area (Å²) in [7, 11) is 0. The number of nitrogens with two attached hydrogens (primary N) is 1. The van der Waals surface area contributed by atoms with Gasteiger partial charge in [-0.25, -0.2) is 4.79 Å². The molecule has 0 radical (unpaired) electrons. The Labute approximate surface area is 124 Å². The summed E-state index contributed by atoms with van der Waals surface area (Å²) in [6.07, 6.45) is 3.48. The number of amides is 4. The standard InChI is InChI=1S/C14H24N4O3/c1-10(5-7-15)3-4-11(19)18-8-2-6-14(9-18)12(20)16-13(21)17-14/h10H,2-9,15H2,1H3,(H2,16,17,20,21). The molecule has 0 aromatic heterocycles. The first-order chi connectivity index (χ1) is 9.97. The summed E-state index contributed by atoms with van der Waals surface area (Å²) in [5.41, 5.74) is 4.58. The predicted molar refractivity (Wildman–Crippen MR) is 77.3 cm³/mol. The first-order valence-electron chi connectivity index (χ1n) is 7.58. The Bertz CT molecular complexity index is 440. The summed E-state index contributed by atoms with van der Waals surface area (Å²) in [5.74, 6) is 0.153. The van der Waals surface area contributed by atoms with Crippen LogP contribution in [0, 0.1) is 5.92 Å². The second kappa shape index (κ2) is 6.43. The number of carbonyl (C=O) groups is 3. The zero-order valence-corrected chi connectivity index (χ0v) is 12.5. The molecular weight excluding hydrogens is 272 g/mol. The summed E-state index contributed by atoms with van der Waals surface area (Å²) in [6.45, 7) is 3.64. The van der Waals surface area contributed by atoms with Gasteiger partial charge in [0, 0.05) is 13.0 Å². The lowest BCUT2D eigenvalue weighted by Gasteiger charge is -2.38. The SMILES string of the molecule is CC(CCN)CCC(=O)N1CCCC2(C1)NC(=O)NC2=O. The van der Waals surface area contributed by atoms with Crippen LogP contribution in [0.15, 0.2) is 0 Å². The van der Waals surface area contributed by atoms with Crippen LogP contribution in [-0.2, 0) is 9.59 Å². The van der Waals surface area contributed by atoms with Crippen molar-refractivity contribution in [1.29, 1.82) is 0 Å². The van der Waals surface area contributed by atoms with Gasteiger partial charge in [-0.2, -0.15) is 0 Å². The van der Waals surface area contributed by atoms with E-state index in [2.05, 4.69) is 17.6 Å². The molecule has 2 unspecified atom stereocenters. The molecule has 2 heterocycles. The van der Waals surface area contributed by atoms with E-state index in [0.717, 1.165) is 19.3 Å². The highest BCUT2D eigenvalue weighted by Crippen LogP contribution is 2.25. The molecule has 2 rings (SSSR count). The van der Waals surface area contributed by atoms with Gasteiger partial charge in [-0.15, -0.1) is 0 Å². The van der Waals surface area contributed by atoms with Gasteiger partial charge < -0.3 is 16.0 Å². The number of likely N-dealkylation sites (tertiary alicyclic amines) is 1. The fourth-order valence-corrected chi connectivity index (χ4v) is 3.04. The maximum Gasteiger partial charge on any atom is 0.322 e. The Balaban J connectivity index is 1.90. The van der Waals surface area contributed by atoms with Crippen LogP contribution in [0.2, 0.25) is 0 Å². The van der Waals surface area contributed by atoms with E-state index in [-0.39, 0.29) is 18.4 Å². The number of hydrogen-bond acceptors (Lipinski definition) is 4. The quantitative estimate of drug-likeness (QED) is 0.619. The van der Waals surface area contributed by atoms with Crippen LogP contribution in [0.3, 0.4) is 0 Å². The van der Waals surface area contributed by atoms with Crippen LogP contribution in [-0.4, -0.2) is 47.9 Å². The molecule has 2 saturated heterocycles. The highest BCUT2D eigenvalue weighted by Gasteiger charge is 2.49. The smallest absolute Gasteiger partial charge is 0.322 e. The third-order valence-electron chi connectivity index (χ3n) is 4.37. The molecule has 2 atom stereocenters. The van der Waals surface area contributed by atoms with Gasteiger partial charge in [-0.3, -0.25) is 14.9 Å². The van der Waals surface area contributed by atoms with E-state index >= 15 is 0 Å². The molecule has 0 aromatic carbocycles. The average Bonchev–Trinajstić information content (AvgIpc) is 2.70. The first-order valence-corrected chi connectivity index (χ1v) is 7.58. The van der Waals surface area contributed by atoms with Crippen molar-refractivity contribution in [2.75, 3.05) is 19.6 Å². The van der Waals surface area contributed by atoms with Crippen molar-refractivity contribution in [2.45, 2.75) is 44.6 Å². The minimum absolute atomic E-state index is 0.0481. The van der Waals surface area contributed by atoms with Gasteiger partial charge in [0.1, 0.15) is 5.54 Å². The van der Waals surface area contributed by atoms with Crippen LogP contribution in [0.25, 0.3) is 0 Å². The van der Waals surface area contributed by atoms with Crippen molar-refractivity contribution in [3.05, 3.63) is 0 Å². The minimum atomic E-state index is -0.923. The molecule has 1 spiro atoms. The number of nitrogens with zero attached hydrogens (tertiary/aromatic N) is 1. The highest BCUT2D eigenvalue weighted by atomic mass is 16.2. The molecule has 4 N–H and O–H groups in total. The van der Waals surface area contributed by atoms with Gasteiger partial charge in [0.15, 0.2) is 0 Å². The summed E-state index contributed by atoms with van der Waals surface area (Å²) < 4.78 is 0. The van der Waals surface area contributed by atoms with E-state index in [4.69, 9.17) is 5.73 Å². The number of hydrogen-bond donors (Lipinski definition) is 3. The van der Waals surface area contributed by atoms with Crippen molar-refractivity contribution in [3.63, 3.8) is 0 Å². The van der Waals surface area contributed by atoms with Crippen LogP contribution in [0.1, 0.15) is 39.0 Å². The van der Waals surface area contributed by atoms with Crippen molar-refractivity contribution in [2.24, 2.45) is 11.7 Å².